The lowest BCUT2D eigenvalue weighted by atomic mass is 10.2. The normalized spacial score (nSPS) is 9.92. The van der Waals surface area contributed by atoms with Crippen molar-refractivity contribution in [1.82, 2.24) is 9.97 Å². The Kier molecular flexibility index (Phi) is 2.23. The van der Waals surface area contributed by atoms with Crippen molar-refractivity contribution < 1.29 is 0 Å². The fraction of sp³-hybridized carbons (Fsp3) is 0. The van der Waals surface area contributed by atoms with Crippen LogP contribution in [-0.4, -0.2) is 9.97 Å². The molecule has 1 aromatic heterocycles. The number of hydrogen-bond acceptors (Lipinski definition) is 2. The first-order valence-corrected chi connectivity index (χ1v) is 4.20. The van der Waals surface area contributed by atoms with E-state index >= 15 is 0 Å². The van der Waals surface area contributed by atoms with Crippen molar-refractivity contribution in [3.63, 3.8) is 0 Å². The van der Waals surface area contributed by atoms with Gasteiger partial charge in [0.05, 0.1) is 0 Å². The molecule has 0 atom stereocenters. The molecule has 0 saturated carbocycles. The van der Waals surface area contributed by atoms with Crippen molar-refractivity contribution in [3.05, 3.63) is 47.7 Å². The van der Waals surface area contributed by atoms with Gasteiger partial charge in [0.1, 0.15) is 5.15 Å². The summed E-state index contributed by atoms with van der Waals surface area (Å²) in [5, 5.41) is 0.342. The van der Waals surface area contributed by atoms with E-state index in [1.54, 1.807) is 0 Å². The SMILES string of the molecule is Clc1[c]cnc(-c2ccccc2)n1. The minimum atomic E-state index is 0.342. The minimum Gasteiger partial charge on any atom is -0.236 e. The first kappa shape index (κ1) is 8.20. The number of halogens is 1. The van der Waals surface area contributed by atoms with Gasteiger partial charge in [-0.05, 0) is 0 Å². The Bertz CT molecular complexity index is 401. The third-order valence-electron chi connectivity index (χ3n) is 1.61. The third kappa shape index (κ3) is 1.84. The second-order valence-electron chi connectivity index (χ2n) is 2.49. The quantitative estimate of drug-likeness (QED) is 0.645. The lowest BCUT2D eigenvalue weighted by Crippen LogP contribution is -1.87. The molecular formula is C10H6ClN2. The average Bonchev–Trinajstić information content (AvgIpc) is 2.19. The molecule has 2 rings (SSSR count). The first-order valence-electron chi connectivity index (χ1n) is 3.82. The molecule has 0 aliphatic carbocycles. The zero-order chi connectivity index (χ0) is 9.10. The predicted octanol–water partition coefficient (Wildman–Crippen LogP) is 2.60. The molecule has 0 fully saturated rings. The largest absolute Gasteiger partial charge is 0.236 e. The summed E-state index contributed by atoms with van der Waals surface area (Å²) in [7, 11) is 0. The average molecular weight is 190 g/mol. The van der Waals surface area contributed by atoms with Gasteiger partial charge in [0.2, 0.25) is 0 Å². The summed E-state index contributed by atoms with van der Waals surface area (Å²) in [5.74, 6) is 0.629. The zero-order valence-corrected chi connectivity index (χ0v) is 7.49. The highest BCUT2D eigenvalue weighted by molar-refractivity contribution is 6.29. The van der Waals surface area contributed by atoms with Gasteiger partial charge in [-0.15, -0.1) is 0 Å². The van der Waals surface area contributed by atoms with E-state index in [0.29, 0.717) is 11.0 Å². The van der Waals surface area contributed by atoms with Gasteiger partial charge in [-0.25, -0.2) is 9.97 Å². The molecule has 1 heterocycles. The third-order valence-corrected chi connectivity index (χ3v) is 1.80. The number of aromatic nitrogens is 2. The van der Waals surface area contributed by atoms with Crippen molar-refractivity contribution in [2.24, 2.45) is 0 Å². The zero-order valence-electron chi connectivity index (χ0n) is 6.74. The van der Waals surface area contributed by atoms with Crippen molar-refractivity contribution in [3.8, 4) is 11.4 Å². The summed E-state index contributed by atoms with van der Waals surface area (Å²) in [6.45, 7) is 0. The summed E-state index contributed by atoms with van der Waals surface area (Å²) in [5.41, 5.74) is 0.957. The molecule has 0 spiro atoms. The molecule has 2 nitrogen and oxygen atoms in total. The lowest BCUT2D eigenvalue weighted by Gasteiger charge is -1.97. The van der Waals surface area contributed by atoms with E-state index in [4.69, 9.17) is 11.6 Å². The van der Waals surface area contributed by atoms with E-state index in [-0.39, 0.29) is 0 Å². The molecule has 0 N–H and O–H groups in total. The Morgan fingerprint density at radius 1 is 1.15 bits per heavy atom. The predicted molar refractivity (Wildman–Crippen MR) is 51.3 cm³/mol. The van der Waals surface area contributed by atoms with Gasteiger partial charge in [-0.3, -0.25) is 0 Å². The van der Waals surface area contributed by atoms with Gasteiger partial charge in [0.15, 0.2) is 5.82 Å². The lowest BCUT2D eigenvalue weighted by molar-refractivity contribution is 1.17. The van der Waals surface area contributed by atoms with E-state index in [1.807, 2.05) is 30.3 Å². The van der Waals surface area contributed by atoms with Crippen LogP contribution in [-0.2, 0) is 0 Å². The summed E-state index contributed by atoms with van der Waals surface area (Å²) in [4.78, 5) is 8.10. The fourth-order valence-corrected chi connectivity index (χ4v) is 1.16. The molecule has 0 bridgehead atoms. The maximum atomic E-state index is 5.69. The Morgan fingerprint density at radius 2 is 1.92 bits per heavy atom. The molecular weight excluding hydrogens is 184 g/mol. The number of benzene rings is 1. The molecule has 2 aromatic rings. The van der Waals surface area contributed by atoms with Gasteiger partial charge < -0.3 is 0 Å². The highest BCUT2D eigenvalue weighted by Crippen LogP contribution is 2.14. The number of rotatable bonds is 1. The Hall–Kier alpha value is -1.41. The summed E-state index contributed by atoms with van der Waals surface area (Å²) in [6.07, 6.45) is 1.53. The van der Waals surface area contributed by atoms with Gasteiger partial charge in [-0.2, -0.15) is 0 Å². The van der Waals surface area contributed by atoms with Gasteiger partial charge in [0.25, 0.3) is 0 Å². The van der Waals surface area contributed by atoms with Crippen LogP contribution in [0.3, 0.4) is 0 Å². The van der Waals surface area contributed by atoms with Gasteiger partial charge >= 0.3 is 0 Å². The molecule has 63 valence electrons. The fourth-order valence-electron chi connectivity index (χ4n) is 1.03. The standard InChI is InChI=1S/C10H6ClN2/c11-9-6-7-12-10(13-9)8-4-2-1-3-5-8/h1-5,7H. The highest BCUT2D eigenvalue weighted by atomic mass is 35.5. The Labute approximate surface area is 81.2 Å². The monoisotopic (exact) mass is 189 g/mol. The minimum absolute atomic E-state index is 0.342. The van der Waals surface area contributed by atoms with Crippen LogP contribution in [0.5, 0.6) is 0 Å². The molecule has 0 aliphatic rings. The molecule has 0 amide bonds. The van der Waals surface area contributed by atoms with Crippen LogP contribution in [0, 0.1) is 6.07 Å². The molecule has 0 saturated heterocycles. The van der Waals surface area contributed by atoms with Crippen LogP contribution in [0.1, 0.15) is 0 Å². The van der Waals surface area contributed by atoms with Crippen LogP contribution >= 0.6 is 11.6 Å². The van der Waals surface area contributed by atoms with Crippen LogP contribution in [0.25, 0.3) is 11.4 Å². The molecule has 0 unspecified atom stereocenters. The second-order valence-corrected chi connectivity index (χ2v) is 2.85. The van der Waals surface area contributed by atoms with Crippen LogP contribution in [0.15, 0.2) is 36.5 Å². The van der Waals surface area contributed by atoms with E-state index in [9.17, 15) is 0 Å². The molecule has 3 heteroatoms. The topological polar surface area (TPSA) is 25.8 Å². The summed E-state index contributed by atoms with van der Waals surface area (Å²) >= 11 is 5.69. The van der Waals surface area contributed by atoms with Crippen LogP contribution in [0.4, 0.5) is 0 Å². The second kappa shape index (κ2) is 3.54. The smallest absolute Gasteiger partial charge is 0.160 e. The van der Waals surface area contributed by atoms with Crippen LogP contribution in [0.2, 0.25) is 5.15 Å². The number of hydrogen-bond donors (Lipinski definition) is 0. The van der Waals surface area contributed by atoms with Crippen LogP contribution < -0.4 is 0 Å². The van der Waals surface area contributed by atoms with E-state index < -0.39 is 0 Å². The van der Waals surface area contributed by atoms with E-state index in [0.717, 1.165) is 5.56 Å². The highest BCUT2D eigenvalue weighted by Gasteiger charge is 1.99. The van der Waals surface area contributed by atoms with Crippen molar-refractivity contribution in [2.45, 2.75) is 0 Å². The van der Waals surface area contributed by atoms with Crippen molar-refractivity contribution in [2.75, 3.05) is 0 Å². The summed E-state index contributed by atoms with van der Waals surface area (Å²) in [6, 6.07) is 12.4. The Balaban J connectivity index is 2.48. The summed E-state index contributed by atoms with van der Waals surface area (Å²) < 4.78 is 0. The number of nitrogens with zero attached hydrogens (tertiary/aromatic N) is 2. The maximum Gasteiger partial charge on any atom is 0.160 e. The first-order chi connectivity index (χ1) is 6.36. The van der Waals surface area contributed by atoms with Gasteiger partial charge in [-0.1, -0.05) is 41.9 Å². The maximum absolute atomic E-state index is 5.69. The molecule has 1 radical (unpaired) electrons. The molecule has 13 heavy (non-hydrogen) atoms. The van der Waals surface area contributed by atoms with Crippen molar-refractivity contribution >= 4 is 11.6 Å². The molecule has 0 aliphatic heterocycles. The van der Waals surface area contributed by atoms with Gasteiger partial charge in [0, 0.05) is 17.8 Å². The molecule has 1 aromatic carbocycles. The Morgan fingerprint density at radius 3 is 2.62 bits per heavy atom. The van der Waals surface area contributed by atoms with E-state index in [1.165, 1.54) is 6.20 Å². The van der Waals surface area contributed by atoms with E-state index in [2.05, 4.69) is 16.0 Å². The van der Waals surface area contributed by atoms with Crippen molar-refractivity contribution in [1.29, 1.82) is 0 Å².